The first-order valence-electron chi connectivity index (χ1n) is 8.33. The highest BCUT2D eigenvalue weighted by Gasteiger charge is 2.35. The number of hydrogen-bond donors (Lipinski definition) is 0. The molecule has 2 nitrogen and oxygen atoms in total. The SMILES string of the molecule is CCC(C)c1ccc(Oc2ccc(OCC=C(Cl)Cl)c(C(F)(F)F)c2)cc1. The van der Waals surface area contributed by atoms with Crippen LogP contribution in [0.5, 0.6) is 17.2 Å². The molecule has 0 spiro atoms. The Bertz CT molecular complexity index is 783. The van der Waals surface area contributed by atoms with E-state index in [1.165, 1.54) is 18.2 Å². The van der Waals surface area contributed by atoms with Gasteiger partial charge in [0.1, 0.15) is 33.9 Å². The fourth-order valence-corrected chi connectivity index (χ4v) is 2.48. The Balaban J connectivity index is 2.21. The van der Waals surface area contributed by atoms with Crippen molar-refractivity contribution in [1.29, 1.82) is 0 Å². The van der Waals surface area contributed by atoms with Crippen molar-refractivity contribution in [2.75, 3.05) is 6.61 Å². The lowest BCUT2D eigenvalue weighted by Crippen LogP contribution is -2.09. The van der Waals surface area contributed by atoms with Crippen molar-refractivity contribution in [2.45, 2.75) is 32.4 Å². The molecular formula is C20H19Cl2F3O2. The quantitative estimate of drug-likeness (QED) is 0.458. The maximum atomic E-state index is 13.3. The lowest BCUT2D eigenvalue weighted by Gasteiger charge is -2.15. The predicted molar refractivity (Wildman–Crippen MR) is 102 cm³/mol. The highest BCUT2D eigenvalue weighted by Crippen LogP contribution is 2.39. The topological polar surface area (TPSA) is 18.5 Å². The van der Waals surface area contributed by atoms with Crippen molar-refractivity contribution in [3.63, 3.8) is 0 Å². The number of ether oxygens (including phenoxy) is 2. The van der Waals surface area contributed by atoms with Gasteiger partial charge in [-0.15, -0.1) is 0 Å². The van der Waals surface area contributed by atoms with E-state index in [0.717, 1.165) is 18.1 Å². The van der Waals surface area contributed by atoms with Gasteiger partial charge in [0.05, 0.1) is 0 Å². The number of hydrogen-bond acceptors (Lipinski definition) is 2. The molecule has 146 valence electrons. The minimum absolute atomic E-state index is 0.0666. The summed E-state index contributed by atoms with van der Waals surface area (Å²) in [6.45, 7) is 4.02. The maximum absolute atomic E-state index is 13.3. The minimum atomic E-state index is -4.59. The van der Waals surface area contributed by atoms with Gasteiger partial charge in [-0.25, -0.2) is 0 Å². The predicted octanol–water partition coefficient (Wildman–Crippen LogP) is 7.71. The second-order valence-corrected chi connectivity index (χ2v) is 6.95. The Morgan fingerprint density at radius 2 is 1.70 bits per heavy atom. The molecule has 0 radical (unpaired) electrons. The van der Waals surface area contributed by atoms with E-state index in [0.29, 0.717) is 11.7 Å². The molecule has 0 aliphatic heterocycles. The molecule has 1 atom stereocenters. The number of halogens is 5. The molecule has 0 aliphatic rings. The molecule has 2 aromatic carbocycles. The summed E-state index contributed by atoms with van der Waals surface area (Å²) in [7, 11) is 0. The molecule has 0 aromatic heterocycles. The Kier molecular flexibility index (Phi) is 7.45. The molecule has 0 saturated heterocycles. The first-order chi connectivity index (χ1) is 12.7. The monoisotopic (exact) mass is 418 g/mol. The van der Waals surface area contributed by atoms with Crippen LogP contribution in [0.15, 0.2) is 53.0 Å². The molecule has 0 heterocycles. The molecule has 0 bridgehead atoms. The average Bonchev–Trinajstić information content (AvgIpc) is 2.61. The number of benzene rings is 2. The smallest absolute Gasteiger partial charge is 0.420 e. The highest BCUT2D eigenvalue weighted by atomic mass is 35.5. The fourth-order valence-electron chi connectivity index (χ4n) is 2.35. The van der Waals surface area contributed by atoms with Crippen molar-refractivity contribution >= 4 is 23.2 Å². The van der Waals surface area contributed by atoms with Crippen molar-refractivity contribution in [3.05, 3.63) is 64.2 Å². The molecule has 2 rings (SSSR count). The van der Waals surface area contributed by atoms with Crippen LogP contribution in [0.3, 0.4) is 0 Å². The summed E-state index contributed by atoms with van der Waals surface area (Å²) in [4.78, 5) is 0. The van der Waals surface area contributed by atoms with E-state index in [9.17, 15) is 13.2 Å². The Morgan fingerprint density at radius 3 is 2.26 bits per heavy atom. The van der Waals surface area contributed by atoms with Gasteiger partial charge >= 0.3 is 6.18 Å². The van der Waals surface area contributed by atoms with Crippen LogP contribution in [0.2, 0.25) is 0 Å². The van der Waals surface area contributed by atoms with Crippen LogP contribution < -0.4 is 9.47 Å². The second kappa shape index (κ2) is 9.38. The van der Waals surface area contributed by atoms with Crippen molar-refractivity contribution < 1.29 is 22.6 Å². The van der Waals surface area contributed by atoms with Gasteiger partial charge in [0.2, 0.25) is 0 Å². The Labute approximate surface area is 166 Å². The van der Waals surface area contributed by atoms with E-state index < -0.39 is 11.7 Å². The molecule has 2 aromatic rings. The van der Waals surface area contributed by atoms with Crippen LogP contribution in [-0.2, 0) is 6.18 Å². The van der Waals surface area contributed by atoms with E-state index in [1.807, 2.05) is 12.1 Å². The minimum Gasteiger partial charge on any atom is -0.489 e. The van der Waals surface area contributed by atoms with E-state index >= 15 is 0 Å². The van der Waals surface area contributed by atoms with Crippen LogP contribution in [0, 0.1) is 0 Å². The van der Waals surface area contributed by atoms with Crippen LogP contribution in [0.1, 0.15) is 37.3 Å². The van der Waals surface area contributed by atoms with E-state index in [-0.39, 0.29) is 22.6 Å². The van der Waals surface area contributed by atoms with E-state index in [2.05, 4.69) is 13.8 Å². The average molecular weight is 419 g/mol. The summed E-state index contributed by atoms with van der Waals surface area (Å²) in [5.74, 6) is 0.605. The lowest BCUT2D eigenvalue weighted by molar-refractivity contribution is -0.138. The van der Waals surface area contributed by atoms with Gasteiger partial charge in [-0.1, -0.05) is 49.2 Å². The van der Waals surface area contributed by atoms with Gasteiger partial charge in [-0.05, 0) is 54.3 Å². The van der Waals surface area contributed by atoms with Gasteiger partial charge in [0.25, 0.3) is 0 Å². The molecule has 0 N–H and O–H groups in total. The third-order valence-corrected chi connectivity index (χ3v) is 4.34. The van der Waals surface area contributed by atoms with Gasteiger partial charge in [-0.2, -0.15) is 13.2 Å². The standard InChI is InChI=1S/C20H19Cl2F3O2/c1-3-13(2)14-4-6-15(7-5-14)27-16-8-9-18(26-11-10-19(21)22)17(12-16)20(23,24)25/h4-10,12-13H,3,11H2,1-2H3. The van der Waals surface area contributed by atoms with Crippen molar-refractivity contribution in [2.24, 2.45) is 0 Å². The Morgan fingerprint density at radius 1 is 1.07 bits per heavy atom. The summed E-state index contributed by atoms with van der Waals surface area (Å²) in [6.07, 6.45) is -2.34. The molecule has 7 heteroatoms. The number of rotatable bonds is 7. The van der Waals surface area contributed by atoms with Crippen LogP contribution >= 0.6 is 23.2 Å². The van der Waals surface area contributed by atoms with Crippen molar-refractivity contribution in [1.82, 2.24) is 0 Å². The van der Waals surface area contributed by atoms with Crippen molar-refractivity contribution in [3.8, 4) is 17.2 Å². The first-order valence-corrected chi connectivity index (χ1v) is 9.09. The van der Waals surface area contributed by atoms with Gasteiger partial charge in [-0.3, -0.25) is 0 Å². The summed E-state index contributed by atoms with van der Waals surface area (Å²) in [6, 6.07) is 10.8. The summed E-state index contributed by atoms with van der Waals surface area (Å²) in [5, 5.41) is 0. The highest BCUT2D eigenvalue weighted by molar-refractivity contribution is 6.55. The zero-order valence-electron chi connectivity index (χ0n) is 14.8. The maximum Gasteiger partial charge on any atom is 0.420 e. The van der Waals surface area contributed by atoms with Gasteiger partial charge in [0.15, 0.2) is 0 Å². The third kappa shape index (κ3) is 6.36. The van der Waals surface area contributed by atoms with Crippen LogP contribution in [0.25, 0.3) is 0 Å². The Hall–Kier alpha value is -1.85. The molecule has 0 fully saturated rings. The third-order valence-electron chi connectivity index (χ3n) is 4.03. The zero-order chi connectivity index (χ0) is 20.0. The van der Waals surface area contributed by atoms with Gasteiger partial charge < -0.3 is 9.47 Å². The number of alkyl halides is 3. The summed E-state index contributed by atoms with van der Waals surface area (Å²) < 4.78 is 50.6. The van der Waals surface area contributed by atoms with E-state index in [1.54, 1.807) is 12.1 Å². The van der Waals surface area contributed by atoms with Crippen LogP contribution in [0.4, 0.5) is 13.2 Å². The summed E-state index contributed by atoms with van der Waals surface area (Å²) in [5.41, 5.74) is 0.214. The molecule has 27 heavy (non-hydrogen) atoms. The molecule has 1 unspecified atom stereocenters. The second-order valence-electron chi connectivity index (χ2n) is 5.94. The summed E-state index contributed by atoms with van der Waals surface area (Å²) >= 11 is 10.9. The zero-order valence-corrected chi connectivity index (χ0v) is 16.3. The molecule has 0 saturated carbocycles. The largest absolute Gasteiger partial charge is 0.489 e. The van der Waals surface area contributed by atoms with Gasteiger partial charge in [0, 0.05) is 0 Å². The normalized spacial score (nSPS) is 12.4. The van der Waals surface area contributed by atoms with E-state index in [4.69, 9.17) is 32.7 Å². The van der Waals surface area contributed by atoms with Crippen LogP contribution in [-0.4, -0.2) is 6.61 Å². The molecular weight excluding hydrogens is 400 g/mol. The first kappa shape index (κ1) is 21.5. The molecule has 0 aliphatic carbocycles. The lowest BCUT2D eigenvalue weighted by atomic mass is 9.99. The molecule has 0 amide bonds. The fraction of sp³-hybridized carbons (Fsp3) is 0.300.